The molecule has 0 bridgehead atoms. The van der Waals surface area contributed by atoms with Crippen LogP contribution in [0.5, 0.6) is 0 Å². The predicted octanol–water partition coefficient (Wildman–Crippen LogP) is 28.6. The van der Waals surface area contributed by atoms with E-state index in [0.29, 0.717) is 19.4 Å². The van der Waals surface area contributed by atoms with Gasteiger partial charge in [-0.15, -0.1) is 0 Å². The molecule has 6 nitrogen and oxygen atoms in total. The van der Waals surface area contributed by atoms with E-state index in [1.165, 1.54) is 405 Å². The maximum atomic E-state index is 12.6. The molecule has 0 aliphatic rings. The standard InChI is InChI=1S/C87H167NO5/c1-3-5-7-9-11-13-15-17-19-20-21-22-42-45-48-52-55-59-63-67-71-75-79-85(90)84(83-89)88-86(91)80-76-72-68-64-60-56-53-49-46-43-40-38-36-34-32-30-28-26-24-23-25-27-29-31-33-35-37-39-41-44-47-50-54-58-62-66-70-74-78-82-93-87(92)81-77-73-69-65-61-57-51-18-16-14-12-10-8-6-4-2/h12,14,18,51,75,79,84-85,89-90H,3-11,13,15-17,19-50,52-74,76-78,80-83H2,1-2H3,(H,88,91)/b14-12-,51-18-,79-75+. The fourth-order valence-corrected chi connectivity index (χ4v) is 13.7. The molecule has 2 unspecified atom stereocenters. The minimum atomic E-state index is -0.841. The predicted molar refractivity (Wildman–Crippen MR) is 412 cm³/mol. The van der Waals surface area contributed by atoms with Crippen LogP contribution in [0.25, 0.3) is 0 Å². The number of allylic oxidation sites excluding steroid dienone is 5. The van der Waals surface area contributed by atoms with E-state index in [-0.39, 0.29) is 18.5 Å². The van der Waals surface area contributed by atoms with Gasteiger partial charge in [0.05, 0.1) is 25.4 Å². The third-order valence-corrected chi connectivity index (χ3v) is 20.2. The van der Waals surface area contributed by atoms with Gasteiger partial charge in [0.15, 0.2) is 0 Å². The van der Waals surface area contributed by atoms with Crippen LogP contribution < -0.4 is 5.32 Å². The van der Waals surface area contributed by atoms with Gasteiger partial charge in [-0.3, -0.25) is 9.59 Å². The van der Waals surface area contributed by atoms with E-state index in [1.54, 1.807) is 6.08 Å². The molecule has 0 saturated carbocycles. The largest absolute Gasteiger partial charge is 0.466 e. The molecule has 0 aliphatic heterocycles. The van der Waals surface area contributed by atoms with Gasteiger partial charge in [-0.1, -0.05) is 442 Å². The Kier molecular flexibility index (Phi) is 80.8. The van der Waals surface area contributed by atoms with Gasteiger partial charge >= 0.3 is 5.97 Å². The fraction of sp³-hybridized carbons (Fsp3) is 0.908. The number of aliphatic hydroxyl groups is 2. The SMILES string of the molecule is CCCCC/C=C\C/C=C\CCCCCCCC(=O)OCCCCCCCCCCCCCCCCCCCCCCCCCCCCCCCCCCCCCCCCCC(=O)NC(CO)C(O)/C=C/CCCCCCCCCCCCCCCCCCCCCC. The van der Waals surface area contributed by atoms with Crippen molar-refractivity contribution in [2.75, 3.05) is 13.2 Å². The maximum Gasteiger partial charge on any atom is 0.305 e. The van der Waals surface area contributed by atoms with E-state index in [1.807, 2.05) is 6.08 Å². The highest BCUT2D eigenvalue weighted by Crippen LogP contribution is 2.21. The summed E-state index contributed by atoms with van der Waals surface area (Å²) in [5.41, 5.74) is 0. The first kappa shape index (κ1) is 91.1. The van der Waals surface area contributed by atoms with Crippen LogP contribution in [-0.4, -0.2) is 47.4 Å². The molecule has 0 aliphatic carbocycles. The minimum absolute atomic E-state index is 0.0106. The summed E-state index contributed by atoms with van der Waals surface area (Å²) >= 11 is 0. The number of hydrogen-bond acceptors (Lipinski definition) is 5. The lowest BCUT2D eigenvalue weighted by atomic mass is 10.0. The lowest BCUT2D eigenvalue weighted by molar-refractivity contribution is -0.143. The molecule has 0 spiro atoms. The molecule has 0 rings (SSSR count). The van der Waals surface area contributed by atoms with Crippen molar-refractivity contribution in [1.29, 1.82) is 0 Å². The molecule has 2 atom stereocenters. The molecule has 0 fully saturated rings. The van der Waals surface area contributed by atoms with Gasteiger partial charge in [-0.25, -0.2) is 0 Å². The zero-order valence-electron chi connectivity index (χ0n) is 63.3. The first-order valence-corrected chi connectivity index (χ1v) is 42.8. The van der Waals surface area contributed by atoms with Crippen molar-refractivity contribution >= 4 is 11.9 Å². The molecule has 0 aromatic heterocycles. The highest BCUT2D eigenvalue weighted by atomic mass is 16.5. The maximum absolute atomic E-state index is 12.6. The molecule has 93 heavy (non-hydrogen) atoms. The van der Waals surface area contributed by atoms with E-state index < -0.39 is 12.1 Å². The smallest absolute Gasteiger partial charge is 0.305 e. The molecular weight excluding hydrogens is 1140 g/mol. The molecule has 1 amide bonds. The quantitative estimate of drug-likeness (QED) is 0.0320. The Morgan fingerprint density at radius 2 is 0.538 bits per heavy atom. The second kappa shape index (κ2) is 82.5. The molecular formula is C87H167NO5. The molecule has 3 N–H and O–H groups in total. The van der Waals surface area contributed by atoms with Crippen LogP contribution in [0.4, 0.5) is 0 Å². The van der Waals surface area contributed by atoms with Crippen LogP contribution in [0.2, 0.25) is 0 Å². The van der Waals surface area contributed by atoms with Crippen molar-refractivity contribution in [1.82, 2.24) is 5.32 Å². The van der Waals surface area contributed by atoms with Crippen LogP contribution >= 0.6 is 0 Å². The van der Waals surface area contributed by atoms with Gasteiger partial charge in [0.2, 0.25) is 5.91 Å². The minimum Gasteiger partial charge on any atom is -0.466 e. The zero-order valence-corrected chi connectivity index (χ0v) is 63.3. The van der Waals surface area contributed by atoms with Crippen molar-refractivity contribution in [3.05, 3.63) is 36.5 Å². The number of carbonyl (C=O) groups is 2. The first-order valence-electron chi connectivity index (χ1n) is 42.8. The van der Waals surface area contributed by atoms with Crippen LogP contribution in [0.3, 0.4) is 0 Å². The fourth-order valence-electron chi connectivity index (χ4n) is 13.7. The van der Waals surface area contributed by atoms with Crippen molar-refractivity contribution in [2.45, 2.75) is 495 Å². The average molecular weight is 1310 g/mol. The molecule has 6 heteroatoms. The number of hydrogen-bond donors (Lipinski definition) is 3. The highest BCUT2D eigenvalue weighted by Gasteiger charge is 2.18. The number of carbonyl (C=O) groups excluding carboxylic acids is 2. The van der Waals surface area contributed by atoms with Gasteiger partial charge in [0.25, 0.3) is 0 Å². The number of aliphatic hydroxyl groups excluding tert-OH is 2. The Hall–Kier alpha value is -1.92. The zero-order chi connectivity index (χ0) is 67.0. The number of ether oxygens (including phenoxy) is 1. The molecule has 550 valence electrons. The van der Waals surface area contributed by atoms with Gasteiger partial charge in [0, 0.05) is 12.8 Å². The van der Waals surface area contributed by atoms with E-state index in [9.17, 15) is 19.8 Å². The monoisotopic (exact) mass is 1310 g/mol. The number of rotatable bonds is 81. The summed E-state index contributed by atoms with van der Waals surface area (Å²) in [5, 5.41) is 23.3. The van der Waals surface area contributed by atoms with Crippen LogP contribution in [-0.2, 0) is 14.3 Å². The van der Waals surface area contributed by atoms with Crippen LogP contribution in [0.1, 0.15) is 483 Å². The second-order valence-corrected chi connectivity index (χ2v) is 29.5. The summed E-state index contributed by atoms with van der Waals surface area (Å²) < 4.78 is 5.50. The van der Waals surface area contributed by atoms with E-state index in [2.05, 4.69) is 43.5 Å². The van der Waals surface area contributed by atoms with Gasteiger partial charge in [-0.05, 0) is 64.2 Å². The van der Waals surface area contributed by atoms with E-state index in [4.69, 9.17) is 4.74 Å². The first-order chi connectivity index (χ1) is 46.0. The Bertz CT molecular complexity index is 1510. The number of nitrogens with one attached hydrogen (secondary N) is 1. The molecule has 0 aromatic carbocycles. The summed E-state index contributed by atoms with van der Waals surface area (Å²) in [4.78, 5) is 24.6. The van der Waals surface area contributed by atoms with Crippen molar-refractivity contribution < 1.29 is 24.5 Å². The molecule has 0 saturated heterocycles. The Labute approximate surface area is 583 Å². The summed E-state index contributed by atoms with van der Waals surface area (Å²) in [7, 11) is 0. The number of esters is 1. The lowest BCUT2D eigenvalue weighted by Gasteiger charge is -2.20. The van der Waals surface area contributed by atoms with E-state index >= 15 is 0 Å². The topological polar surface area (TPSA) is 95.9 Å². The van der Waals surface area contributed by atoms with Gasteiger partial charge < -0.3 is 20.3 Å². The van der Waals surface area contributed by atoms with Crippen molar-refractivity contribution in [3.63, 3.8) is 0 Å². The number of amides is 1. The Balaban J connectivity index is 3.32. The Morgan fingerprint density at radius 3 is 0.839 bits per heavy atom. The molecule has 0 heterocycles. The Morgan fingerprint density at radius 1 is 0.301 bits per heavy atom. The molecule has 0 radical (unpaired) electrons. The average Bonchev–Trinajstić information content (AvgIpc) is 3.78. The van der Waals surface area contributed by atoms with Gasteiger partial charge in [0.1, 0.15) is 0 Å². The van der Waals surface area contributed by atoms with Crippen LogP contribution in [0, 0.1) is 0 Å². The summed E-state index contributed by atoms with van der Waals surface area (Å²) in [6.07, 6.45) is 109. The normalized spacial score (nSPS) is 12.6. The summed E-state index contributed by atoms with van der Waals surface area (Å²) in [6, 6.07) is -0.624. The van der Waals surface area contributed by atoms with Crippen molar-refractivity contribution in [2.24, 2.45) is 0 Å². The number of unbranched alkanes of at least 4 members (excludes halogenated alkanes) is 66. The summed E-state index contributed by atoms with van der Waals surface area (Å²) in [5.74, 6) is -0.0462. The lowest BCUT2D eigenvalue weighted by Crippen LogP contribution is -2.45. The second-order valence-electron chi connectivity index (χ2n) is 29.5. The van der Waals surface area contributed by atoms with Gasteiger partial charge in [-0.2, -0.15) is 0 Å². The summed E-state index contributed by atoms with van der Waals surface area (Å²) in [6.45, 7) is 4.93. The van der Waals surface area contributed by atoms with Crippen molar-refractivity contribution in [3.8, 4) is 0 Å². The van der Waals surface area contributed by atoms with Crippen LogP contribution in [0.15, 0.2) is 36.5 Å². The third-order valence-electron chi connectivity index (χ3n) is 20.2. The third kappa shape index (κ3) is 79.0. The highest BCUT2D eigenvalue weighted by molar-refractivity contribution is 5.76. The molecule has 0 aromatic rings. The van der Waals surface area contributed by atoms with E-state index in [0.717, 1.165) is 51.4 Å².